The fourth-order valence-electron chi connectivity index (χ4n) is 3.14. The Hall–Kier alpha value is -3.39. The molecule has 0 spiro atoms. The van der Waals surface area contributed by atoms with E-state index in [2.05, 4.69) is 20.6 Å². The van der Waals surface area contributed by atoms with Crippen LogP contribution in [0.1, 0.15) is 23.9 Å². The van der Waals surface area contributed by atoms with E-state index in [1.165, 1.54) is 6.08 Å². The second-order valence-corrected chi connectivity index (χ2v) is 7.70. The molecule has 1 aromatic carbocycles. The zero-order valence-electron chi connectivity index (χ0n) is 16.5. The summed E-state index contributed by atoms with van der Waals surface area (Å²) in [6, 6.07) is 15.4. The number of nitrogens with one attached hydrogen (secondary N) is 1. The van der Waals surface area contributed by atoms with Crippen LogP contribution in [0.4, 0.5) is 0 Å². The molecule has 4 aromatic rings. The first-order chi connectivity index (χ1) is 14.7. The van der Waals surface area contributed by atoms with Gasteiger partial charge in [0.25, 0.3) is 0 Å². The molecule has 1 amide bonds. The smallest absolute Gasteiger partial charge is 0.244 e. The second kappa shape index (κ2) is 9.41. The van der Waals surface area contributed by atoms with E-state index in [-0.39, 0.29) is 11.9 Å². The third kappa shape index (κ3) is 4.60. The standard InChI is InChI=1S/C22H22N6OS/c1-30-14-12-19(22-26-25-20-9-5-6-13-27(20)22)24-21(29)11-10-17-15-23-28(16-17)18-7-3-2-4-8-18/h2-11,13,15-16,19H,12,14H2,1H3,(H,24,29)/b11-10+. The molecule has 0 aliphatic rings. The number of hydrogen-bond acceptors (Lipinski definition) is 5. The number of amides is 1. The van der Waals surface area contributed by atoms with Crippen LogP contribution < -0.4 is 5.32 Å². The molecule has 30 heavy (non-hydrogen) atoms. The molecule has 1 atom stereocenters. The number of benzene rings is 1. The van der Waals surface area contributed by atoms with Gasteiger partial charge >= 0.3 is 0 Å². The average Bonchev–Trinajstić information content (AvgIpc) is 3.43. The van der Waals surface area contributed by atoms with Crippen molar-refractivity contribution >= 4 is 29.4 Å². The Balaban J connectivity index is 1.47. The number of thioether (sulfide) groups is 1. The molecule has 0 saturated heterocycles. The van der Waals surface area contributed by atoms with Gasteiger partial charge < -0.3 is 5.32 Å². The maximum atomic E-state index is 12.6. The Kier molecular flexibility index (Phi) is 6.24. The summed E-state index contributed by atoms with van der Waals surface area (Å²) in [6.45, 7) is 0. The zero-order valence-corrected chi connectivity index (χ0v) is 17.4. The van der Waals surface area contributed by atoms with E-state index in [9.17, 15) is 4.79 Å². The Morgan fingerprint density at radius 3 is 2.83 bits per heavy atom. The van der Waals surface area contributed by atoms with Gasteiger partial charge in [-0.05, 0) is 48.8 Å². The Bertz CT molecular complexity index is 1150. The van der Waals surface area contributed by atoms with Crippen molar-refractivity contribution in [1.82, 2.24) is 29.7 Å². The van der Waals surface area contributed by atoms with Crippen LogP contribution >= 0.6 is 11.8 Å². The van der Waals surface area contributed by atoms with Crippen molar-refractivity contribution < 1.29 is 4.79 Å². The summed E-state index contributed by atoms with van der Waals surface area (Å²) in [5.74, 6) is 1.46. The summed E-state index contributed by atoms with van der Waals surface area (Å²) in [7, 11) is 0. The lowest BCUT2D eigenvalue weighted by molar-refractivity contribution is -0.117. The van der Waals surface area contributed by atoms with Crippen LogP contribution in [0.2, 0.25) is 0 Å². The minimum atomic E-state index is -0.223. The summed E-state index contributed by atoms with van der Waals surface area (Å²) in [5, 5.41) is 15.9. The molecule has 0 saturated carbocycles. The number of nitrogens with zero attached hydrogens (tertiary/aromatic N) is 5. The highest BCUT2D eigenvalue weighted by Gasteiger charge is 2.19. The number of hydrogen-bond donors (Lipinski definition) is 1. The molecule has 4 rings (SSSR count). The minimum Gasteiger partial charge on any atom is -0.342 e. The zero-order chi connectivity index (χ0) is 20.8. The fraction of sp³-hybridized carbons (Fsp3) is 0.182. The summed E-state index contributed by atoms with van der Waals surface area (Å²) in [5.41, 5.74) is 2.58. The molecular weight excluding hydrogens is 396 g/mol. The van der Waals surface area contributed by atoms with Gasteiger partial charge in [-0.25, -0.2) is 4.68 Å². The second-order valence-electron chi connectivity index (χ2n) is 6.72. The maximum Gasteiger partial charge on any atom is 0.244 e. The maximum absolute atomic E-state index is 12.6. The highest BCUT2D eigenvalue weighted by molar-refractivity contribution is 7.98. The Morgan fingerprint density at radius 1 is 1.17 bits per heavy atom. The van der Waals surface area contributed by atoms with Crippen LogP contribution in [0.25, 0.3) is 17.4 Å². The lowest BCUT2D eigenvalue weighted by Gasteiger charge is -2.15. The van der Waals surface area contributed by atoms with Crippen molar-refractivity contribution in [3.05, 3.63) is 84.6 Å². The van der Waals surface area contributed by atoms with Gasteiger partial charge in [-0.2, -0.15) is 16.9 Å². The summed E-state index contributed by atoms with van der Waals surface area (Å²) < 4.78 is 3.69. The number of para-hydroxylation sites is 1. The molecule has 0 aliphatic heterocycles. The minimum absolute atomic E-state index is 0.179. The predicted octanol–water partition coefficient (Wildman–Crippen LogP) is 3.54. The van der Waals surface area contributed by atoms with Gasteiger partial charge in [-0.1, -0.05) is 24.3 Å². The van der Waals surface area contributed by atoms with Gasteiger partial charge in [0, 0.05) is 24.0 Å². The van der Waals surface area contributed by atoms with E-state index in [4.69, 9.17) is 0 Å². The van der Waals surface area contributed by atoms with E-state index >= 15 is 0 Å². The molecule has 0 aliphatic carbocycles. The first-order valence-corrected chi connectivity index (χ1v) is 11.0. The number of pyridine rings is 1. The van der Waals surface area contributed by atoms with Crippen molar-refractivity contribution in [2.24, 2.45) is 0 Å². The normalized spacial score (nSPS) is 12.4. The largest absolute Gasteiger partial charge is 0.342 e. The van der Waals surface area contributed by atoms with E-state index < -0.39 is 0 Å². The Labute approximate surface area is 178 Å². The molecule has 1 unspecified atom stereocenters. The SMILES string of the molecule is CSCCC(NC(=O)/C=C/c1cnn(-c2ccccc2)c1)c1nnc2ccccn12. The third-order valence-electron chi connectivity index (χ3n) is 4.63. The van der Waals surface area contributed by atoms with Crippen LogP contribution in [0.15, 0.2) is 73.2 Å². The molecule has 0 bridgehead atoms. The quantitative estimate of drug-likeness (QED) is 0.443. The van der Waals surface area contributed by atoms with Crippen LogP contribution in [-0.2, 0) is 4.79 Å². The van der Waals surface area contributed by atoms with Crippen molar-refractivity contribution in [3.63, 3.8) is 0 Å². The lowest BCUT2D eigenvalue weighted by Crippen LogP contribution is -2.29. The molecule has 3 heterocycles. The number of rotatable bonds is 8. The van der Waals surface area contributed by atoms with E-state index in [0.29, 0.717) is 0 Å². The highest BCUT2D eigenvalue weighted by Crippen LogP contribution is 2.18. The summed E-state index contributed by atoms with van der Waals surface area (Å²) >= 11 is 1.73. The molecule has 0 radical (unpaired) electrons. The number of carbonyl (C=O) groups is 1. The van der Waals surface area contributed by atoms with Crippen LogP contribution in [0.5, 0.6) is 0 Å². The highest BCUT2D eigenvalue weighted by atomic mass is 32.2. The van der Waals surface area contributed by atoms with E-state index in [1.807, 2.05) is 71.6 Å². The molecule has 152 valence electrons. The van der Waals surface area contributed by atoms with Gasteiger partial charge in [0.15, 0.2) is 11.5 Å². The molecule has 1 N–H and O–H groups in total. The molecule has 8 heteroatoms. The van der Waals surface area contributed by atoms with Crippen LogP contribution in [0, 0.1) is 0 Å². The molecular formula is C22H22N6OS. The van der Waals surface area contributed by atoms with Crippen LogP contribution in [-0.4, -0.2) is 42.3 Å². The predicted molar refractivity (Wildman–Crippen MR) is 119 cm³/mol. The third-order valence-corrected chi connectivity index (χ3v) is 5.27. The summed E-state index contributed by atoms with van der Waals surface area (Å²) in [6.07, 6.45) is 11.6. The van der Waals surface area contributed by atoms with Crippen molar-refractivity contribution in [3.8, 4) is 5.69 Å². The van der Waals surface area contributed by atoms with Crippen molar-refractivity contribution in [1.29, 1.82) is 0 Å². The van der Waals surface area contributed by atoms with E-state index in [0.717, 1.165) is 34.9 Å². The first-order valence-electron chi connectivity index (χ1n) is 9.62. The monoisotopic (exact) mass is 418 g/mol. The van der Waals surface area contributed by atoms with Crippen LogP contribution in [0.3, 0.4) is 0 Å². The molecule has 0 fully saturated rings. The van der Waals surface area contributed by atoms with Gasteiger partial charge in [0.1, 0.15) is 0 Å². The molecule has 7 nitrogen and oxygen atoms in total. The summed E-state index contributed by atoms with van der Waals surface area (Å²) in [4.78, 5) is 12.6. The fourth-order valence-corrected chi connectivity index (χ4v) is 3.61. The lowest BCUT2D eigenvalue weighted by atomic mass is 10.2. The van der Waals surface area contributed by atoms with Crippen molar-refractivity contribution in [2.75, 3.05) is 12.0 Å². The first kappa shape index (κ1) is 19.9. The van der Waals surface area contributed by atoms with Gasteiger partial charge in [0.05, 0.1) is 17.9 Å². The Morgan fingerprint density at radius 2 is 2.00 bits per heavy atom. The van der Waals surface area contributed by atoms with Gasteiger partial charge in [0.2, 0.25) is 5.91 Å². The molecule has 3 aromatic heterocycles. The van der Waals surface area contributed by atoms with E-state index in [1.54, 1.807) is 28.7 Å². The van der Waals surface area contributed by atoms with Gasteiger partial charge in [-0.3, -0.25) is 9.20 Å². The topological polar surface area (TPSA) is 77.1 Å². The number of carbonyl (C=O) groups excluding carboxylic acids is 1. The number of aromatic nitrogens is 5. The number of fused-ring (bicyclic) bond motifs is 1. The average molecular weight is 419 g/mol. The van der Waals surface area contributed by atoms with Crippen molar-refractivity contribution in [2.45, 2.75) is 12.5 Å². The van der Waals surface area contributed by atoms with Gasteiger partial charge in [-0.15, -0.1) is 10.2 Å².